The number of pyridine rings is 1. The van der Waals surface area contributed by atoms with Crippen molar-refractivity contribution in [3.8, 4) is 5.75 Å². The Bertz CT molecular complexity index is 919. The van der Waals surface area contributed by atoms with Gasteiger partial charge in [0.2, 0.25) is 0 Å². The van der Waals surface area contributed by atoms with Crippen LogP contribution in [0.3, 0.4) is 0 Å². The van der Waals surface area contributed by atoms with Crippen LogP contribution >= 0.6 is 0 Å². The number of nitrogens with one attached hydrogen (secondary N) is 1. The van der Waals surface area contributed by atoms with Crippen molar-refractivity contribution < 1.29 is 14.7 Å². The fraction of sp³-hybridized carbons (Fsp3) is 0.111. The summed E-state index contributed by atoms with van der Waals surface area (Å²) >= 11 is 0. The maximum absolute atomic E-state index is 12.5. The van der Waals surface area contributed by atoms with Crippen LogP contribution < -0.4 is 15.8 Å². The van der Waals surface area contributed by atoms with Gasteiger partial charge in [0.05, 0.1) is 6.54 Å². The predicted molar refractivity (Wildman–Crippen MR) is 89.4 cm³/mol. The summed E-state index contributed by atoms with van der Waals surface area (Å²) in [4.78, 5) is 24.0. The van der Waals surface area contributed by atoms with Gasteiger partial charge in [-0.25, -0.2) is 5.48 Å². The molecule has 0 aliphatic heterocycles. The maximum atomic E-state index is 12.5. The highest BCUT2D eigenvalue weighted by Gasteiger charge is 2.08. The molecule has 0 radical (unpaired) electrons. The Morgan fingerprint density at radius 1 is 1.12 bits per heavy atom. The van der Waals surface area contributed by atoms with Crippen molar-refractivity contribution in [2.24, 2.45) is 0 Å². The minimum atomic E-state index is -0.654. The summed E-state index contributed by atoms with van der Waals surface area (Å²) in [5, 5.41) is 9.86. The standard InChI is InChI=1S/C18H16N2O4/c21-17(19-23)14-7-6-13-8-9-20(18(22)16(13)12-14)10-11-24-15-4-2-1-3-5-15/h1-9,12,23H,10-11H2,(H,19,21). The van der Waals surface area contributed by atoms with E-state index in [0.29, 0.717) is 18.5 Å². The maximum Gasteiger partial charge on any atom is 0.274 e. The molecule has 6 heteroatoms. The van der Waals surface area contributed by atoms with Gasteiger partial charge in [-0.05, 0) is 35.7 Å². The molecule has 3 rings (SSSR count). The molecule has 0 saturated heterocycles. The topological polar surface area (TPSA) is 80.6 Å². The first-order valence-corrected chi connectivity index (χ1v) is 7.44. The van der Waals surface area contributed by atoms with E-state index in [1.165, 1.54) is 10.6 Å². The van der Waals surface area contributed by atoms with Gasteiger partial charge in [0, 0.05) is 17.1 Å². The second kappa shape index (κ2) is 6.97. The van der Waals surface area contributed by atoms with Gasteiger partial charge in [-0.1, -0.05) is 24.3 Å². The van der Waals surface area contributed by atoms with E-state index in [-0.39, 0.29) is 11.1 Å². The fourth-order valence-electron chi connectivity index (χ4n) is 2.44. The molecule has 1 amide bonds. The molecule has 0 spiro atoms. The summed E-state index contributed by atoms with van der Waals surface area (Å²) in [7, 11) is 0. The Labute approximate surface area is 137 Å². The number of nitrogens with zero attached hydrogens (tertiary/aromatic N) is 1. The number of hydrogen-bond acceptors (Lipinski definition) is 4. The number of fused-ring (bicyclic) bond motifs is 1. The number of carbonyl (C=O) groups is 1. The van der Waals surface area contributed by atoms with E-state index in [0.717, 1.165) is 11.1 Å². The average molecular weight is 324 g/mol. The monoisotopic (exact) mass is 324 g/mol. The zero-order valence-electron chi connectivity index (χ0n) is 12.8. The smallest absolute Gasteiger partial charge is 0.274 e. The van der Waals surface area contributed by atoms with E-state index in [4.69, 9.17) is 9.94 Å². The predicted octanol–water partition coefficient (Wildman–Crippen LogP) is 2.20. The molecule has 0 aliphatic carbocycles. The Balaban J connectivity index is 1.82. The summed E-state index contributed by atoms with van der Waals surface area (Å²) in [5.41, 5.74) is 1.58. The van der Waals surface area contributed by atoms with Crippen LogP contribution in [-0.4, -0.2) is 22.3 Å². The van der Waals surface area contributed by atoms with Crippen LogP contribution in [0.25, 0.3) is 10.8 Å². The molecule has 2 aromatic carbocycles. The van der Waals surface area contributed by atoms with Crippen molar-refractivity contribution in [3.05, 3.63) is 76.7 Å². The summed E-state index contributed by atoms with van der Waals surface area (Å²) in [6.07, 6.45) is 1.70. The summed E-state index contributed by atoms with van der Waals surface area (Å²) in [5.74, 6) is 0.0901. The number of amides is 1. The normalized spacial score (nSPS) is 10.5. The molecule has 2 N–H and O–H groups in total. The molecule has 0 aliphatic rings. The van der Waals surface area contributed by atoms with E-state index in [9.17, 15) is 9.59 Å². The van der Waals surface area contributed by atoms with E-state index >= 15 is 0 Å². The zero-order chi connectivity index (χ0) is 16.9. The van der Waals surface area contributed by atoms with Crippen LogP contribution in [0.15, 0.2) is 65.6 Å². The molecule has 0 atom stereocenters. The highest BCUT2D eigenvalue weighted by Crippen LogP contribution is 2.13. The molecule has 3 aromatic rings. The number of ether oxygens (including phenoxy) is 1. The van der Waals surface area contributed by atoms with Crippen molar-refractivity contribution in [1.29, 1.82) is 0 Å². The quantitative estimate of drug-likeness (QED) is 0.557. The second-order valence-electron chi connectivity index (χ2n) is 5.22. The van der Waals surface area contributed by atoms with Gasteiger partial charge in [0.15, 0.2) is 0 Å². The van der Waals surface area contributed by atoms with Crippen molar-refractivity contribution >= 4 is 16.7 Å². The van der Waals surface area contributed by atoms with E-state index < -0.39 is 5.91 Å². The Kier molecular flexibility index (Phi) is 4.58. The van der Waals surface area contributed by atoms with Gasteiger partial charge in [0.25, 0.3) is 11.5 Å². The number of hydroxylamine groups is 1. The zero-order valence-corrected chi connectivity index (χ0v) is 12.8. The number of para-hydroxylation sites is 1. The largest absolute Gasteiger partial charge is 0.492 e. The van der Waals surface area contributed by atoms with E-state index in [2.05, 4.69) is 0 Å². The van der Waals surface area contributed by atoms with Crippen LogP contribution in [0.1, 0.15) is 10.4 Å². The van der Waals surface area contributed by atoms with Crippen molar-refractivity contribution in [2.75, 3.05) is 6.61 Å². The molecule has 24 heavy (non-hydrogen) atoms. The first kappa shape index (κ1) is 15.8. The molecule has 6 nitrogen and oxygen atoms in total. The molecule has 0 saturated carbocycles. The Morgan fingerprint density at radius 2 is 1.92 bits per heavy atom. The summed E-state index contributed by atoms with van der Waals surface area (Å²) in [6.45, 7) is 0.742. The molecule has 1 aromatic heterocycles. The van der Waals surface area contributed by atoms with Crippen molar-refractivity contribution in [1.82, 2.24) is 10.0 Å². The van der Waals surface area contributed by atoms with Crippen LogP contribution in [0.4, 0.5) is 0 Å². The summed E-state index contributed by atoms with van der Waals surface area (Å²) < 4.78 is 7.13. The number of carbonyl (C=O) groups excluding carboxylic acids is 1. The molecular formula is C18H16N2O4. The highest BCUT2D eigenvalue weighted by atomic mass is 16.5. The lowest BCUT2D eigenvalue weighted by molar-refractivity contribution is 0.0706. The third-order valence-electron chi connectivity index (χ3n) is 3.69. The lowest BCUT2D eigenvalue weighted by atomic mass is 10.1. The Morgan fingerprint density at radius 3 is 2.67 bits per heavy atom. The van der Waals surface area contributed by atoms with Crippen LogP contribution in [0.2, 0.25) is 0 Å². The third kappa shape index (κ3) is 3.28. The molecule has 0 unspecified atom stereocenters. The third-order valence-corrected chi connectivity index (χ3v) is 3.69. The molecule has 122 valence electrons. The van der Waals surface area contributed by atoms with Gasteiger partial charge in [-0.3, -0.25) is 14.8 Å². The first-order valence-electron chi connectivity index (χ1n) is 7.44. The lowest BCUT2D eigenvalue weighted by Crippen LogP contribution is -2.23. The van der Waals surface area contributed by atoms with E-state index in [1.807, 2.05) is 30.3 Å². The number of benzene rings is 2. The van der Waals surface area contributed by atoms with Gasteiger partial charge in [-0.15, -0.1) is 0 Å². The van der Waals surface area contributed by atoms with Gasteiger partial charge < -0.3 is 9.30 Å². The van der Waals surface area contributed by atoms with Crippen LogP contribution in [0.5, 0.6) is 5.75 Å². The van der Waals surface area contributed by atoms with Gasteiger partial charge >= 0.3 is 0 Å². The molecule has 1 heterocycles. The SMILES string of the molecule is O=C(NO)c1ccc2ccn(CCOc3ccccc3)c(=O)c2c1. The molecular weight excluding hydrogens is 308 g/mol. The van der Waals surface area contributed by atoms with Gasteiger partial charge in [-0.2, -0.15) is 0 Å². The van der Waals surface area contributed by atoms with Crippen LogP contribution in [-0.2, 0) is 6.54 Å². The Hall–Kier alpha value is -3.12. The second-order valence-corrected chi connectivity index (χ2v) is 5.22. The average Bonchev–Trinajstić information content (AvgIpc) is 2.63. The highest BCUT2D eigenvalue weighted by molar-refractivity contribution is 5.97. The van der Waals surface area contributed by atoms with Gasteiger partial charge in [0.1, 0.15) is 12.4 Å². The number of aromatic nitrogens is 1. The van der Waals surface area contributed by atoms with E-state index in [1.54, 1.807) is 29.9 Å². The molecule has 0 bridgehead atoms. The number of hydrogen-bond donors (Lipinski definition) is 2. The summed E-state index contributed by atoms with van der Waals surface area (Å²) in [6, 6.07) is 15.9. The number of rotatable bonds is 5. The fourth-order valence-corrected chi connectivity index (χ4v) is 2.44. The minimum Gasteiger partial charge on any atom is -0.492 e. The molecule has 0 fully saturated rings. The minimum absolute atomic E-state index is 0.211. The van der Waals surface area contributed by atoms with Crippen molar-refractivity contribution in [2.45, 2.75) is 6.54 Å². The van der Waals surface area contributed by atoms with Crippen LogP contribution in [0, 0.1) is 0 Å². The lowest BCUT2D eigenvalue weighted by Gasteiger charge is -2.09. The first-order chi connectivity index (χ1) is 11.7. The van der Waals surface area contributed by atoms with Crippen molar-refractivity contribution in [3.63, 3.8) is 0 Å².